The van der Waals surface area contributed by atoms with Crippen LogP contribution in [0, 0.1) is 0 Å². The lowest BCUT2D eigenvalue weighted by Crippen LogP contribution is -2.64. The number of rotatable bonds is 49. The average Bonchev–Trinajstić information content (AvgIpc) is 1.61. The monoisotopic (exact) mass is 1460 g/mol. The van der Waals surface area contributed by atoms with Crippen molar-refractivity contribution < 1.29 is 147 Å². The number of hydrogen-bond acceptors (Lipinski definition) is 30. The van der Waals surface area contributed by atoms with E-state index in [9.17, 15) is 99.3 Å². The molecule has 4 aliphatic rings. The number of aliphatic hydroxyl groups excluding tert-OH is 11. The van der Waals surface area contributed by atoms with E-state index in [-0.39, 0.29) is 124 Å². The summed E-state index contributed by atoms with van der Waals surface area (Å²) in [6.45, 7) is 0.367. The molecule has 4 saturated heterocycles. The summed E-state index contributed by atoms with van der Waals surface area (Å²) in [5.41, 5.74) is 0. The normalized spacial score (nSPS) is 28.6. The van der Waals surface area contributed by atoms with Crippen LogP contribution in [-0.2, 0) is 90.5 Å². The second kappa shape index (κ2) is 48.4. The van der Waals surface area contributed by atoms with Gasteiger partial charge < -0.3 is 151 Å². The van der Waals surface area contributed by atoms with Gasteiger partial charge in [0.05, 0.1) is 92.0 Å². The van der Waals surface area contributed by atoms with Crippen molar-refractivity contribution in [2.75, 3.05) is 112 Å². The Labute approximate surface area is 584 Å². The molecule has 0 aromatic heterocycles. The summed E-state index contributed by atoms with van der Waals surface area (Å²) in [7, 11) is 0. The van der Waals surface area contributed by atoms with E-state index in [1.54, 1.807) is 0 Å². The Kier molecular flexibility index (Phi) is 42.1. The van der Waals surface area contributed by atoms with Gasteiger partial charge in [0.2, 0.25) is 53.2 Å². The standard InChI is InChI=1S/C62H109N9O30/c1-34(76)67-48-54(86)51(83)42(31-73)99-60(48)95-26-23-92-20-17-63-45(80)14-12-37(57(89)65-18-21-93-24-27-96-61-49(68-35(2)77)55(87)52(84)43(32-74)100-61)71-47(82)15-13-38(58(90)66-19-22-94-25-28-97-62-50(69-36(3)78)56(88)53(85)44(33-75)101-62)70-46(81)11-9-7-5-4-6-8-10-16-64-59(91)40-29-39(79)41(30-72)98-40/h37-44,48-56,60-62,72-75,79,83-88H,4-33H2,1-3H3,(H,63,80)(H,64,91)(H,65,89)(H,66,90)(H,67,76)(H,68,77)(H,69,78)(H,70,81)(H,71,82)/t37?,38?,39-,40?,41+,42?,43?,44+,48?,49?,50?,51?,52?,53?,54?,55?,56?,60?,61?,62?/m0/s1. The van der Waals surface area contributed by atoms with Gasteiger partial charge in [-0.15, -0.1) is 0 Å². The molecule has 4 aliphatic heterocycles. The lowest BCUT2D eigenvalue weighted by Gasteiger charge is -2.42. The maximum atomic E-state index is 13.8. The summed E-state index contributed by atoms with van der Waals surface area (Å²) in [6, 6.07) is -6.19. The van der Waals surface area contributed by atoms with Crippen LogP contribution in [0.4, 0.5) is 0 Å². The SMILES string of the molecule is CC(=O)NC1C(OCCOCCNC(=O)CCC(NC(=O)CCC(NC(=O)CCCCCCCCCNC(=O)C2C[C@H](O)[C@@H](CO)O2)C(=O)NCCOCCOC2O[C@H](CO)C(O)C(O)C2NC(C)=O)C(=O)NCCOCCOC2OC(CO)C(O)C(O)C2NC(C)=O)OC(CO)C(O)C1O. The molecule has 4 rings (SSSR count). The van der Waals surface area contributed by atoms with Gasteiger partial charge in [0.1, 0.15) is 97.4 Å². The highest BCUT2D eigenvalue weighted by molar-refractivity contribution is 5.90. The van der Waals surface area contributed by atoms with E-state index in [2.05, 4.69) is 47.9 Å². The van der Waals surface area contributed by atoms with Crippen LogP contribution in [0.3, 0.4) is 0 Å². The van der Waals surface area contributed by atoms with Crippen LogP contribution in [0.15, 0.2) is 0 Å². The first-order valence-corrected chi connectivity index (χ1v) is 34.2. The molecule has 0 spiro atoms. The molecular weight excluding hydrogens is 1350 g/mol. The second-order valence-electron chi connectivity index (χ2n) is 24.7. The summed E-state index contributed by atoms with van der Waals surface area (Å²) in [6.07, 6.45) is -15.2. The van der Waals surface area contributed by atoms with Gasteiger partial charge in [-0.1, -0.05) is 32.1 Å². The minimum Gasteiger partial charge on any atom is -0.394 e. The van der Waals surface area contributed by atoms with Crippen LogP contribution in [0.1, 0.15) is 104 Å². The first kappa shape index (κ1) is 87.8. The van der Waals surface area contributed by atoms with Crippen molar-refractivity contribution in [1.82, 2.24) is 47.9 Å². The van der Waals surface area contributed by atoms with Crippen molar-refractivity contribution in [1.29, 1.82) is 0 Å². The van der Waals surface area contributed by atoms with E-state index in [0.29, 0.717) is 25.8 Å². The highest BCUT2D eigenvalue weighted by atomic mass is 16.7. The van der Waals surface area contributed by atoms with Crippen molar-refractivity contribution in [2.45, 2.75) is 227 Å². The van der Waals surface area contributed by atoms with E-state index in [4.69, 9.17) is 47.4 Å². The quantitative estimate of drug-likeness (QED) is 0.0252. The molecule has 20 atom stereocenters. The van der Waals surface area contributed by atoms with Crippen molar-refractivity contribution in [3.05, 3.63) is 0 Å². The minimum absolute atomic E-state index is 0.0262. The zero-order chi connectivity index (χ0) is 74.4. The highest BCUT2D eigenvalue weighted by Gasteiger charge is 2.48. The topological polar surface area (TPSA) is 577 Å². The molecule has 0 aromatic carbocycles. The maximum absolute atomic E-state index is 13.8. The van der Waals surface area contributed by atoms with Gasteiger partial charge in [-0.25, -0.2) is 0 Å². The molecule has 4 heterocycles. The van der Waals surface area contributed by atoms with Crippen molar-refractivity contribution >= 4 is 53.2 Å². The summed E-state index contributed by atoms with van der Waals surface area (Å²) in [5, 5.41) is 134. The van der Waals surface area contributed by atoms with Gasteiger partial charge in [-0.2, -0.15) is 0 Å². The molecule has 20 N–H and O–H groups in total. The zero-order valence-corrected chi connectivity index (χ0v) is 57.4. The smallest absolute Gasteiger partial charge is 0.249 e. The minimum atomic E-state index is -1.55. The van der Waals surface area contributed by atoms with Crippen LogP contribution in [-0.4, -0.2) is 344 Å². The molecule has 4 fully saturated rings. The molecule has 0 radical (unpaired) electrons. The number of carbonyl (C=O) groups is 9. The Bertz CT molecular complexity index is 2490. The fourth-order valence-electron chi connectivity index (χ4n) is 11.2. The molecule has 0 saturated carbocycles. The third-order valence-electron chi connectivity index (χ3n) is 16.6. The first-order chi connectivity index (χ1) is 48.3. The van der Waals surface area contributed by atoms with E-state index in [0.717, 1.165) is 25.7 Å². The molecule has 9 amide bonds. The highest BCUT2D eigenvalue weighted by Crippen LogP contribution is 2.26. The lowest BCUT2D eigenvalue weighted by atomic mass is 9.97. The molecule has 582 valence electrons. The van der Waals surface area contributed by atoms with E-state index >= 15 is 0 Å². The van der Waals surface area contributed by atoms with Crippen LogP contribution >= 0.6 is 0 Å². The van der Waals surface area contributed by atoms with Gasteiger partial charge in [0.15, 0.2) is 18.9 Å². The zero-order valence-electron chi connectivity index (χ0n) is 57.4. The fraction of sp³-hybridized carbons (Fsp3) is 0.855. The number of carbonyl (C=O) groups excluding carboxylic acids is 9. The Morgan fingerprint density at radius 2 is 0.743 bits per heavy atom. The van der Waals surface area contributed by atoms with E-state index < -0.39 is 196 Å². The number of unbranched alkanes of at least 4 members (excludes halogenated alkanes) is 6. The first-order valence-electron chi connectivity index (χ1n) is 34.2. The Morgan fingerprint density at radius 1 is 0.386 bits per heavy atom. The summed E-state index contributed by atoms with van der Waals surface area (Å²) < 4.78 is 55.7. The van der Waals surface area contributed by atoms with Gasteiger partial charge in [-0.05, 0) is 25.7 Å². The largest absolute Gasteiger partial charge is 0.394 e. The van der Waals surface area contributed by atoms with Crippen LogP contribution in [0.25, 0.3) is 0 Å². The summed E-state index contributed by atoms with van der Waals surface area (Å²) in [5.74, 6) is -5.22. The van der Waals surface area contributed by atoms with Crippen LogP contribution < -0.4 is 47.9 Å². The third-order valence-corrected chi connectivity index (χ3v) is 16.6. The predicted molar refractivity (Wildman–Crippen MR) is 344 cm³/mol. The van der Waals surface area contributed by atoms with Gasteiger partial charge in [0, 0.05) is 72.6 Å². The lowest BCUT2D eigenvalue weighted by molar-refractivity contribution is -0.272. The third kappa shape index (κ3) is 31.7. The van der Waals surface area contributed by atoms with Gasteiger partial charge in [-0.3, -0.25) is 43.2 Å². The number of aliphatic hydroxyl groups is 11. The maximum Gasteiger partial charge on any atom is 0.249 e. The molecule has 0 aliphatic carbocycles. The molecule has 0 aromatic rings. The van der Waals surface area contributed by atoms with Gasteiger partial charge >= 0.3 is 0 Å². The summed E-state index contributed by atoms with van der Waals surface area (Å²) in [4.78, 5) is 116. The number of hydrogen-bond donors (Lipinski definition) is 20. The predicted octanol–water partition coefficient (Wildman–Crippen LogP) is -9.46. The molecule has 39 nitrogen and oxygen atoms in total. The number of amides is 9. The van der Waals surface area contributed by atoms with Crippen LogP contribution in [0.5, 0.6) is 0 Å². The van der Waals surface area contributed by atoms with E-state index in [1.165, 1.54) is 20.8 Å². The number of ether oxygens (including phenoxy) is 10. The molecular formula is C62H109N9O30. The molecule has 101 heavy (non-hydrogen) atoms. The second-order valence-corrected chi connectivity index (χ2v) is 24.7. The fourth-order valence-corrected chi connectivity index (χ4v) is 11.2. The van der Waals surface area contributed by atoms with Crippen molar-refractivity contribution in [3.8, 4) is 0 Å². The molecule has 39 heteroatoms. The van der Waals surface area contributed by atoms with E-state index in [1.807, 2.05) is 0 Å². The van der Waals surface area contributed by atoms with Crippen molar-refractivity contribution in [3.63, 3.8) is 0 Å². The van der Waals surface area contributed by atoms with Crippen molar-refractivity contribution in [2.24, 2.45) is 0 Å². The Balaban J connectivity index is 1.33. The van der Waals surface area contributed by atoms with Crippen LogP contribution in [0.2, 0.25) is 0 Å². The molecule has 17 unspecified atom stereocenters. The number of nitrogens with one attached hydrogen (secondary N) is 9. The Morgan fingerprint density at radius 3 is 1.12 bits per heavy atom. The Hall–Kier alpha value is -5.61. The average molecular weight is 1460 g/mol. The summed E-state index contributed by atoms with van der Waals surface area (Å²) >= 11 is 0. The van der Waals surface area contributed by atoms with Gasteiger partial charge in [0.25, 0.3) is 0 Å². The molecule has 0 bridgehead atoms.